The summed E-state index contributed by atoms with van der Waals surface area (Å²) in [5.41, 5.74) is 2.33. The molecule has 5 nitrogen and oxygen atoms in total. The smallest absolute Gasteiger partial charge is 0.0995 e. The molecule has 1 N–H and O–H groups in total. The number of aromatic nitrogens is 4. The third-order valence-corrected chi connectivity index (χ3v) is 3.86. The van der Waals surface area contributed by atoms with Crippen molar-refractivity contribution in [2.24, 2.45) is 0 Å². The molecule has 2 atom stereocenters. The lowest BCUT2D eigenvalue weighted by atomic mass is 9.97. The molecular formula is C14H21N5. The van der Waals surface area contributed by atoms with Gasteiger partial charge in [0, 0.05) is 24.8 Å². The molecule has 0 saturated carbocycles. The van der Waals surface area contributed by atoms with E-state index in [4.69, 9.17) is 0 Å². The summed E-state index contributed by atoms with van der Waals surface area (Å²) in [4.78, 5) is 4.32. The van der Waals surface area contributed by atoms with Gasteiger partial charge in [-0.3, -0.25) is 9.25 Å². The molecule has 2 aromatic rings. The van der Waals surface area contributed by atoms with E-state index in [1.165, 1.54) is 25.0 Å². The van der Waals surface area contributed by atoms with Crippen LogP contribution in [0.2, 0.25) is 0 Å². The van der Waals surface area contributed by atoms with Gasteiger partial charge >= 0.3 is 0 Å². The fourth-order valence-electron chi connectivity index (χ4n) is 2.80. The van der Waals surface area contributed by atoms with Crippen LogP contribution in [0.4, 0.5) is 0 Å². The molecule has 1 fully saturated rings. The summed E-state index contributed by atoms with van der Waals surface area (Å²) < 4.78 is 4.09. The number of nitrogens with one attached hydrogen (secondary N) is 1. The van der Waals surface area contributed by atoms with Crippen molar-refractivity contribution in [2.45, 2.75) is 51.7 Å². The lowest BCUT2D eigenvalue weighted by molar-refractivity contribution is 0.334. The molecule has 19 heavy (non-hydrogen) atoms. The van der Waals surface area contributed by atoms with E-state index in [-0.39, 0.29) is 0 Å². The second-order valence-corrected chi connectivity index (χ2v) is 5.29. The van der Waals surface area contributed by atoms with Gasteiger partial charge in [0.25, 0.3) is 0 Å². The van der Waals surface area contributed by atoms with Crippen molar-refractivity contribution in [3.8, 4) is 5.69 Å². The van der Waals surface area contributed by atoms with E-state index in [0.717, 1.165) is 12.2 Å². The average Bonchev–Trinajstić information content (AvgIpc) is 3.07. The van der Waals surface area contributed by atoms with E-state index in [1.807, 2.05) is 23.4 Å². The summed E-state index contributed by atoms with van der Waals surface area (Å²) in [6, 6.07) is 0.983. The normalized spacial score (nSPS) is 23.7. The van der Waals surface area contributed by atoms with Crippen LogP contribution in [-0.2, 0) is 6.54 Å². The van der Waals surface area contributed by atoms with E-state index in [1.54, 1.807) is 0 Å². The third kappa shape index (κ3) is 2.42. The largest absolute Gasteiger partial charge is 0.306 e. The summed E-state index contributed by atoms with van der Waals surface area (Å²) >= 11 is 0. The Labute approximate surface area is 113 Å². The quantitative estimate of drug-likeness (QED) is 0.920. The zero-order chi connectivity index (χ0) is 13.2. The monoisotopic (exact) mass is 259 g/mol. The van der Waals surface area contributed by atoms with E-state index < -0.39 is 0 Å². The van der Waals surface area contributed by atoms with E-state index in [9.17, 15) is 0 Å². The molecular weight excluding hydrogens is 238 g/mol. The number of imidazole rings is 1. The number of nitrogens with zero attached hydrogens (tertiary/aromatic N) is 4. The number of piperidine rings is 1. The molecule has 0 radical (unpaired) electrons. The predicted molar refractivity (Wildman–Crippen MR) is 74.2 cm³/mol. The maximum atomic E-state index is 4.34. The highest BCUT2D eigenvalue weighted by molar-refractivity contribution is 5.29. The minimum absolute atomic E-state index is 0.399. The van der Waals surface area contributed by atoms with Crippen molar-refractivity contribution >= 4 is 0 Å². The van der Waals surface area contributed by atoms with Crippen molar-refractivity contribution in [1.29, 1.82) is 0 Å². The standard InChI is InChI=1S/C14H21N5/c1-3-18-9-12(7-16-18)19-10-15-8-14(19)13-6-4-5-11(2)17-13/h7-11,13,17H,3-6H2,1-2H3. The van der Waals surface area contributed by atoms with Gasteiger partial charge in [0.15, 0.2) is 0 Å². The molecule has 0 amide bonds. The second-order valence-electron chi connectivity index (χ2n) is 5.29. The van der Waals surface area contributed by atoms with Gasteiger partial charge in [0.2, 0.25) is 0 Å². The van der Waals surface area contributed by atoms with Gasteiger partial charge in [-0.25, -0.2) is 4.98 Å². The molecule has 3 heterocycles. The molecule has 102 valence electrons. The van der Waals surface area contributed by atoms with Crippen LogP contribution < -0.4 is 5.32 Å². The highest BCUT2D eigenvalue weighted by Crippen LogP contribution is 2.26. The Hall–Kier alpha value is -1.62. The molecule has 0 aliphatic carbocycles. The Bertz CT molecular complexity index is 542. The van der Waals surface area contributed by atoms with Crippen LogP contribution in [-0.4, -0.2) is 25.4 Å². The number of hydrogen-bond acceptors (Lipinski definition) is 3. The molecule has 1 aliphatic rings. The van der Waals surface area contributed by atoms with E-state index >= 15 is 0 Å². The maximum absolute atomic E-state index is 4.34. The van der Waals surface area contributed by atoms with Crippen LogP contribution in [0.5, 0.6) is 0 Å². The highest BCUT2D eigenvalue weighted by Gasteiger charge is 2.22. The van der Waals surface area contributed by atoms with Gasteiger partial charge in [-0.2, -0.15) is 5.10 Å². The first-order chi connectivity index (χ1) is 9.28. The van der Waals surface area contributed by atoms with Crippen molar-refractivity contribution in [1.82, 2.24) is 24.6 Å². The molecule has 1 saturated heterocycles. The van der Waals surface area contributed by atoms with Crippen LogP contribution in [0.1, 0.15) is 44.8 Å². The Kier molecular flexibility index (Phi) is 3.38. The van der Waals surface area contributed by atoms with Crippen molar-refractivity contribution in [3.63, 3.8) is 0 Å². The minimum atomic E-state index is 0.399. The van der Waals surface area contributed by atoms with Crippen LogP contribution in [0.25, 0.3) is 5.69 Å². The number of hydrogen-bond donors (Lipinski definition) is 1. The summed E-state index contributed by atoms with van der Waals surface area (Å²) in [6.45, 7) is 5.24. The second kappa shape index (κ2) is 5.17. The molecule has 0 bridgehead atoms. The molecule has 2 aromatic heterocycles. The van der Waals surface area contributed by atoms with Gasteiger partial charge in [-0.15, -0.1) is 0 Å². The summed E-state index contributed by atoms with van der Waals surface area (Å²) in [5.74, 6) is 0. The van der Waals surface area contributed by atoms with E-state index in [2.05, 4.69) is 40.0 Å². The number of aryl methyl sites for hydroxylation is 1. The molecule has 0 aromatic carbocycles. The Morgan fingerprint density at radius 3 is 3.00 bits per heavy atom. The van der Waals surface area contributed by atoms with Crippen molar-refractivity contribution < 1.29 is 0 Å². The minimum Gasteiger partial charge on any atom is -0.306 e. The molecule has 0 spiro atoms. The SMILES string of the molecule is CCn1cc(-n2cncc2C2CCCC(C)N2)cn1. The summed E-state index contributed by atoms with van der Waals surface area (Å²) in [7, 11) is 0. The molecule has 5 heteroatoms. The first kappa shape index (κ1) is 12.4. The zero-order valence-corrected chi connectivity index (χ0v) is 11.6. The van der Waals surface area contributed by atoms with Gasteiger partial charge < -0.3 is 5.32 Å². The Morgan fingerprint density at radius 1 is 1.37 bits per heavy atom. The van der Waals surface area contributed by atoms with Crippen LogP contribution in [0.3, 0.4) is 0 Å². The first-order valence-electron chi connectivity index (χ1n) is 7.09. The highest BCUT2D eigenvalue weighted by atomic mass is 15.3. The average molecular weight is 259 g/mol. The zero-order valence-electron chi connectivity index (χ0n) is 11.6. The van der Waals surface area contributed by atoms with Gasteiger partial charge in [-0.05, 0) is 33.1 Å². The number of rotatable bonds is 3. The fraction of sp³-hybridized carbons (Fsp3) is 0.571. The van der Waals surface area contributed by atoms with Gasteiger partial charge in [0.05, 0.1) is 30.1 Å². The molecule has 3 rings (SSSR count). The maximum Gasteiger partial charge on any atom is 0.0995 e. The summed E-state index contributed by atoms with van der Waals surface area (Å²) in [6.07, 6.45) is 11.5. The van der Waals surface area contributed by atoms with Crippen molar-refractivity contribution in [3.05, 3.63) is 30.6 Å². The summed E-state index contributed by atoms with van der Waals surface area (Å²) in [5, 5.41) is 8.00. The first-order valence-corrected chi connectivity index (χ1v) is 7.09. The molecule has 1 aliphatic heterocycles. The van der Waals surface area contributed by atoms with Crippen LogP contribution in [0.15, 0.2) is 24.9 Å². The Morgan fingerprint density at radius 2 is 2.26 bits per heavy atom. The fourth-order valence-corrected chi connectivity index (χ4v) is 2.80. The Balaban J connectivity index is 1.89. The van der Waals surface area contributed by atoms with Crippen LogP contribution in [0, 0.1) is 0 Å². The topological polar surface area (TPSA) is 47.7 Å². The van der Waals surface area contributed by atoms with Crippen LogP contribution >= 0.6 is 0 Å². The predicted octanol–water partition coefficient (Wildman–Crippen LogP) is 2.29. The van der Waals surface area contributed by atoms with Crippen molar-refractivity contribution in [2.75, 3.05) is 0 Å². The lowest BCUT2D eigenvalue weighted by Crippen LogP contribution is -2.35. The third-order valence-electron chi connectivity index (χ3n) is 3.86. The van der Waals surface area contributed by atoms with Gasteiger partial charge in [-0.1, -0.05) is 0 Å². The lowest BCUT2D eigenvalue weighted by Gasteiger charge is -2.29. The molecule has 2 unspecified atom stereocenters. The van der Waals surface area contributed by atoms with Gasteiger partial charge in [0.1, 0.15) is 0 Å². The van der Waals surface area contributed by atoms with E-state index in [0.29, 0.717) is 12.1 Å².